The lowest BCUT2D eigenvalue weighted by molar-refractivity contribution is 0.0957. The van der Waals surface area contributed by atoms with Gasteiger partial charge in [-0.05, 0) is 23.9 Å². The number of amides is 1. The maximum absolute atomic E-state index is 12.5. The molecule has 1 aliphatic rings. The molecule has 26 heavy (non-hydrogen) atoms. The first kappa shape index (κ1) is 18.7. The molecule has 1 aliphatic heterocycles. The fraction of sp³-hybridized carbons (Fsp3) is 0.438. The highest BCUT2D eigenvalue weighted by molar-refractivity contribution is 7.89. The average Bonchev–Trinajstić information content (AvgIpc) is 3.21. The van der Waals surface area contributed by atoms with Crippen LogP contribution in [0.25, 0.3) is 0 Å². The molecule has 3 rings (SSSR count). The molecule has 0 unspecified atom stereocenters. The van der Waals surface area contributed by atoms with Crippen molar-refractivity contribution in [3.63, 3.8) is 0 Å². The van der Waals surface area contributed by atoms with E-state index in [1.54, 1.807) is 24.5 Å². The Morgan fingerprint density at radius 3 is 2.54 bits per heavy atom. The van der Waals surface area contributed by atoms with Crippen LogP contribution in [0.4, 0.5) is 5.95 Å². The lowest BCUT2D eigenvalue weighted by Gasteiger charge is -2.33. The van der Waals surface area contributed by atoms with Gasteiger partial charge in [0.1, 0.15) is 0 Å². The number of hydrogen-bond donors (Lipinski definition) is 1. The number of hydrogen-bond acceptors (Lipinski definition) is 7. The number of carbonyl (C=O) groups excluding carboxylic acids is 1. The van der Waals surface area contributed by atoms with Crippen molar-refractivity contribution in [1.29, 1.82) is 0 Å². The Hall–Kier alpha value is -2.04. The maximum Gasteiger partial charge on any atom is 0.261 e. The summed E-state index contributed by atoms with van der Waals surface area (Å²) < 4.78 is 26.4. The van der Waals surface area contributed by atoms with E-state index in [4.69, 9.17) is 0 Å². The number of aromatic nitrogens is 2. The molecule has 0 aliphatic carbocycles. The fourth-order valence-electron chi connectivity index (χ4n) is 2.70. The Morgan fingerprint density at radius 1 is 1.15 bits per heavy atom. The summed E-state index contributed by atoms with van der Waals surface area (Å²) in [5.74, 6) is 0.495. The van der Waals surface area contributed by atoms with Crippen molar-refractivity contribution in [2.24, 2.45) is 0 Å². The van der Waals surface area contributed by atoms with Crippen LogP contribution in [0.5, 0.6) is 0 Å². The van der Waals surface area contributed by atoms with Crippen LogP contribution in [0.15, 0.2) is 36.0 Å². The average molecular weight is 396 g/mol. The number of nitrogens with zero attached hydrogens (tertiary/aromatic N) is 4. The first-order valence-corrected chi connectivity index (χ1v) is 10.9. The Kier molecular flexibility index (Phi) is 6.17. The zero-order valence-corrected chi connectivity index (χ0v) is 15.9. The second-order valence-corrected chi connectivity index (χ2v) is 8.87. The topological polar surface area (TPSA) is 95.5 Å². The first-order valence-electron chi connectivity index (χ1n) is 8.38. The number of piperazine rings is 1. The monoisotopic (exact) mass is 395 g/mol. The van der Waals surface area contributed by atoms with Crippen LogP contribution < -0.4 is 10.2 Å². The molecule has 1 N–H and O–H groups in total. The SMILES string of the molecule is O=C(NCCCS(=O)(=O)N1CCN(c2ncccn2)CC1)c1cccs1. The minimum atomic E-state index is -3.32. The van der Waals surface area contributed by atoms with Gasteiger partial charge in [0.25, 0.3) is 5.91 Å². The highest BCUT2D eigenvalue weighted by Gasteiger charge is 2.27. The molecule has 0 bridgehead atoms. The Balaban J connectivity index is 1.42. The van der Waals surface area contributed by atoms with E-state index in [2.05, 4.69) is 15.3 Å². The molecule has 0 saturated carbocycles. The van der Waals surface area contributed by atoms with Crippen LogP contribution in [-0.4, -0.2) is 67.1 Å². The number of rotatable bonds is 7. The fourth-order valence-corrected chi connectivity index (χ4v) is 4.83. The molecular formula is C16H21N5O3S2. The minimum Gasteiger partial charge on any atom is -0.351 e. The molecule has 1 fully saturated rings. The molecule has 3 heterocycles. The van der Waals surface area contributed by atoms with E-state index in [0.29, 0.717) is 50.0 Å². The molecule has 10 heteroatoms. The molecule has 1 saturated heterocycles. The van der Waals surface area contributed by atoms with Gasteiger partial charge >= 0.3 is 0 Å². The molecule has 0 radical (unpaired) electrons. The van der Waals surface area contributed by atoms with Crippen molar-refractivity contribution < 1.29 is 13.2 Å². The predicted molar refractivity (Wildman–Crippen MR) is 101 cm³/mol. The van der Waals surface area contributed by atoms with Gasteiger partial charge < -0.3 is 10.2 Å². The third kappa shape index (κ3) is 4.77. The molecule has 2 aromatic heterocycles. The normalized spacial score (nSPS) is 15.8. The molecule has 140 valence electrons. The third-order valence-corrected chi connectivity index (χ3v) is 6.90. The Labute approximate surface area is 156 Å². The zero-order valence-electron chi connectivity index (χ0n) is 14.2. The van der Waals surface area contributed by atoms with Gasteiger partial charge in [0.2, 0.25) is 16.0 Å². The quantitative estimate of drug-likeness (QED) is 0.697. The van der Waals surface area contributed by atoms with Gasteiger partial charge in [0, 0.05) is 45.1 Å². The Morgan fingerprint density at radius 2 is 1.88 bits per heavy atom. The van der Waals surface area contributed by atoms with E-state index in [9.17, 15) is 13.2 Å². The summed E-state index contributed by atoms with van der Waals surface area (Å²) in [5.41, 5.74) is 0. The second-order valence-electron chi connectivity index (χ2n) is 5.84. The summed E-state index contributed by atoms with van der Waals surface area (Å²) in [6, 6.07) is 5.30. The van der Waals surface area contributed by atoms with Crippen molar-refractivity contribution in [3.8, 4) is 0 Å². The van der Waals surface area contributed by atoms with Gasteiger partial charge in [-0.2, -0.15) is 4.31 Å². The summed E-state index contributed by atoms with van der Waals surface area (Å²) >= 11 is 1.36. The smallest absolute Gasteiger partial charge is 0.261 e. The summed E-state index contributed by atoms with van der Waals surface area (Å²) in [6.07, 6.45) is 3.74. The summed E-state index contributed by atoms with van der Waals surface area (Å²) in [6.45, 7) is 2.31. The molecule has 2 aromatic rings. The first-order chi connectivity index (χ1) is 12.6. The number of sulfonamides is 1. The zero-order chi connectivity index (χ0) is 18.4. The van der Waals surface area contributed by atoms with Crippen LogP contribution in [0.3, 0.4) is 0 Å². The molecule has 0 spiro atoms. The highest BCUT2D eigenvalue weighted by Crippen LogP contribution is 2.13. The van der Waals surface area contributed by atoms with E-state index in [0.717, 1.165) is 0 Å². The van der Waals surface area contributed by atoms with Gasteiger partial charge in [0.15, 0.2) is 0 Å². The lowest BCUT2D eigenvalue weighted by Crippen LogP contribution is -2.49. The van der Waals surface area contributed by atoms with Crippen molar-refractivity contribution in [1.82, 2.24) is 19.6 Å². The van der Waals surface area contributed by atoms with Gasteiger partial charge in [-0.15, -0.1) is 11.3 Å². The molecule has 1 amide bonds. The van der Waals surface area contributed by atoms with Gasteiger partial charge in [-0.3, -0.25) is 4.79 Å². The van der Waals surface area contributed by atoms with Crippen LogP contribution in [0.1, 0.15) is 16.1 Å². The second kappa shape index (κ2) is 8.56. The van der Waals surface area contributed by atoms with Crippen molar-refractivity contribution in [2.75, 3.05) is 43.4 Å². The van der Waals surface area contributed by atoms with Crippen LogP contribution >= 0.6 is 11.3 Å². The predicted octanol–water partition coefficient (Wildman–Crippen LogP) is 0.810. The van der Waals surface area contributed by atoms with Crippen LogP contribution in [0.2, 0.25) is 0 Å². The lowest BCUT2D eigenvalue weighted by atomic mass is 10.4. The van der Waals surface area contributed by atoms with E-state index in [-0.39, 0.29) is 11.7 Å². The van der Waals surface area contributed by atoms with Crippen LogP contribution in [-0.2, 0) is 10.0 Å². The molecule has 0 aromatic carbocycles. The number of anilines is 1. The highest BCUT2D eigenvalue weighted by atomic mass is 32.2. The largest absolute Gasteiger partial charge is 0.351 e. The van der Waals surface area contributed by atoms with E-state index < -0.39 is 10.0 Å². The van der Waals surface area contributed by atoms with Gasteiger partial charge in [-0.25, -0.2) is 18.4 Å². The summed E-state index contributed by atoms with van der Waals surface area (Å²) in [4.78, 5) is 22.8. The minimum absolute atomic E-state index is 0.0273. The van der Waals surface area contributed by atoms with Crippen molar-refractivity contribution in [2.45, 2.75) is 6.42 Å². The van der Waals surface area contributed by atoms with E-state index in [1.807, 2.05) is 16.3 Å². The van der Waals surface area contributed by atoms with Crippen LogP contribution in [0, 0.1) is 0 Å². The van der Waals surface area contributed by atoms with Crippen molar-refractivity contribution in [3.05, 3.63) is 40.8 Å². The summed E-state index contributed by atoms with van der Waals surface area (Å²) in [5, 5.41) is 4.59. The van der Waals surface area contributed by atoms with Gasteiger partial charge in [-0.1, -0.05) is 6.07 Å². The standard InChI is InChI=1S/C16H21N5O3S2/c22-15(14-4-1-12-25-14)17-7-3-13-26(23,24)21-10-8-20(9-11-21)16-18-5-2-6-19-16/h1-2,4-6,12H,3,7-11,13H2,(H,17,22). The van der Waals surface area contributed by atoms with Gasteiger partial charge in [0.05, 0.1) is 10.6 Å². The molecular weight excluding hydrogens is 374 g/mol. The number of thiophene rings is 1. The van der Waals surface area contributed by atoms with E-state index in [1.165, 1.54) is 15.6 Å². The molecule has 8 nitrogen and oxygen atoms in total. The number of nitrogens with one attached hydrogen (secondary N) is 1. The Bertz CT molecular complexity index is 804. The third-order valence-electron chi connectivity index (χ3n) is 4.08. The number of carbonyl (C=O) groups is 1. The van der Waals surface area contributed by atoms with E-state index >= 15 is 0 Å². The maximum atomic E-state index is 12.5. The summed E-state index contributed by atoms with van der Waals surface area (Å²) in [7, 11) is -3.32. The molecule has 0 atom stereocenters. The van der Waals surface area contributed by atoms with Crippen molar-refractivity contribution >= 4 is 33.2 Å².